The van der Waals surface area contributed by atoms with E-state index in [0.717, 1.165) is 24.0 Å². The van der Waals surface area contributed by atoms with Crippen LogP contribution in [0.5, 0.6) is 0 Å². The second kappa shape index (κ2) is 9.32. The number of benzene rings is 3. The molecule has 1 aliphatic rings. The number of nitrogens with two attached hydrogens (primary N) is 1. The van der Waals surface area contributed by atoms with Gasteiger partial charge in [-0.3, -0.25) is 0 Å². The minimum absolute atomic E-state index is 0.128. The van der Waals surface area contributed by atoms with Crippen LogP contribution in [0, 0.1) is 0 Å². The van der Waals surface area contributed by atoms with Gasteiger partial charge in [-0.15, -0.1) is 0 Å². The zero-order valence-electron chi connectivity index (χ0n) is 16.2. The van der Waals surface area contributed by atoms with Gasteiger partial charge in [0.1, 0.15) is 0 Å². The third kappa shape index (κ3) is 4.51. The van der Waals surface area contributed by atoms with Gasteiger partial charge in [0.15, 0.2) is 0 Å². The molecule has 2 unspecified atom stereocenters. The second-order valence-corrected chi connectivity index (χ2v) is 8.42. The van der Waals surface area contributed by atoms with Crippen molar-refractivity contribution in [1.29, 1.82) is 0 Å². The summed E-state index contributed by atoms with van der Waals surface area (Å²) in [5, 5.41) is 1.19. The van der Waals surface area contributed by atoms with Crippen LogP contribution in [0.4, 0.5) is 0 Å². The molecule has 2 nitrogen and oxygen atoms in total. The van der Waals surface area contributed by atoms with E-state index in [4.69, 9.17) is 33.7 Å². The molecule has 0 radical (unpaired) electrons. The fraction of sp³-hybridized carbons (Fsp3) is 0.280. The minimum Gasteiger partial charge on any atom is -0.377 e. The van der Waals surface area contributed by atoms with Crippen molar-refractivity contribution in [2.75, 3.05) is 6.61 Å². The Morgan fingerprint density at radius 3 is 2.03 bits per heavy atom. The molecule has 0 aromatic heterocycles. The summed E-state index contributed by atoms with van der Waals surface area (Å²) in [6.07, 6.45) is 2.09. The number of rotatable bonds is 5. The average Bonchev–Trinajstić information content (AvgIpc) is 2.78. The first-order chi connectivity index (χ1) is 14.2. The van der Waals surface area contributed by atoms with E-state index in [9.17, 15) is 0 Å². The van der Waals surface area contributed by atoms with Crippen LogP contribution in [0.2, 0.25) is 10.0 Å². The predicted molar refractivity (Wildman–Crippen MR) is 121 cm³/mol. The molecule has 1 saturated heterocycles. The van der Waals surface area contributed by atoms with Crippen molar-refractivity contribution in [3.63, 3.8) is 0 Å². The van der Waals surface area contributed by atoms with Gasteiger partial charge in [-0.25, -0.2) is 0 Å². The first-order valence-electron chi connectivity index (χ1n) is 10.1. The summed E-state index contributed by atoms with van der Waals surface area (Å²) in [6.45, 7) is 1.08. The highest BCUT2D eigenvalue weighted by Gasteiger charge is 2.32. The largest absolute Gasteiger partial charge is 0.377 e. The first kappa shape index (κ1) is 20.4. The van der Waals surface area contributed by atoms with Crippen LogP contribution < -0.4 is 5.73 Å². The molecule has 0 amide bonds. The SMILES string of the molecule is NCc1cc(Cl)c(Cl)c(C2CCC(C(c3ccccc3)c3ccccc3)OC2)c1. The Hall–Kier alpha value is -1.84. The Bertz CT molecular complexity index is 898. The normalized spacial score (nSPS) is 19.4. The van der Waals surface area contributed by atoms with Gasteiger partial charge >= 0.3 is 0 Å². The van der Waals surface area contributed by atoms with Gasteiger partial charge in [0.05, 0.1) is 22.8 Å². The lowest BCUT2D eigenvalue weighted by Gasteiger charge is -2.35. The molecule has 2 N–H and O–H groups in total. The zero-order chi connectivity index (χ0) is 20.2. The molecule has 4 heteroatoms. The second-order valence-electron chi connectivity index (χ2n) is 7.63. The van der Waals surface area contributed by atoms with E-state index in [2.05, 4.69) is 66.7 Å². The molecule has 1 heterocycles. The van der Waals surface area contributed by atoms with Crippen molar-refractivity contribution in [2.45, 2.75) is 37.3 Å². The van der Waals surface area contributed by atoms with E-state index in [-0.39, 0.29) is 17.9 Å². The van der Waals surface area contributed by atoms with Gasteiger partial charge in [-0.2, -0.15) is 0 Å². The van der Waals surface area contributed by atoms with E-state index in [0.29, 0.717) is 23.2 Å². The fourth-order valence-corrected chi connectivity index (χ4v) is 4.82. The molecule has 3 aromatic rings. The lowest BCUT2D eigenvalue weighted by Crippen LogP contribution is -2.31. The van der Waals surface area contributed by atoms with E-state index in [1.54, 1.807) is 0 Å². The predicted octanol–water partition coefficient (Wildman–Crippen LogP) is 6.55. The summed E-state index contributed by atoms with van der Waals surface area (Å²) in [6, 6.07) is 25.2. The maximum absolute atomic E-state index is 6.52. The molecule has 4 rings (SSSR count). The summed E-state index contributed by atoms with van der Waals surface area (Å²) >= 11 is 12.8. The molecule has 0 saturated carbocycles. The highest BCUT2D eigenvalue weighted by molar-refractivity contribution is 6.42. The molecular weight excluding hydrogens is 401 g/mol. The Labute approximate surface area is 182 Å². The van der Waals surface area contributed by atoms with Crippen LogP contribution in [-0.2, 0) is 11.3 Å². The Morgan fingerprint density at radius 2 is 1.52 bits per heavy atom. The quantitative estimate of drug-likeness (QED) is 0.502. The van der Waals surface area contributed by atoms with Crippen LogP contribution in [0.3, 0.4) is 0 Å². The highest BCUT2D eigenvalue weighted by atomic mass is 35.5. The molecule has 2 atom stereocenters. The fourth-order valence-electron chi connectivity index (χ4n) is 4.31. The summed E-state index contributed by atoms with van der Waals surface area (Å²) in [4.78, 5) is 0. The molecule has 0 aliphatic carbocycles. The van der Waals surface area contributed by atoms with E-state index in [1.165, 1.54) is 11.1 Å². The van der Waals surface area contributed by atoms with E-state index >= 15 is 0 Å². The molecule has 1 fully saturated rings. The smallest absolute Gasteiger partial charge is 0.0684 e. The Kier molecular flexibility index (Phi) is 6.56. The van der Waals surface area contributed by atoms with Crippen molar-refractivity contribution < 1.29 is 4.74 Å². The summed E-state index contributed by atoms with van der Waals surface area (Å²) < 4.78 is 6.45. The maximum Gasteiger partial charge on any atom is 0.0684 e. The molecule has 150 valence electrons. The molecule has 1 aliphatic heterocycles. The molecule has 3 aromatic carbocycles. The van der Waals surface area contributed by atoms with Crippen LogP contribution in [0.25, 0.3) is 0 Å². The van der Waals surface area contributed by atoms with Crippen molar-refractivity contribution in [3.8, 4) is 0 Å². The van der Waals surface area contributed by atoms with Crippen molar-refractivity contribution in [2.24, 2.45) is 5.73 Å². The van der Waals surface area contributed by atoms with Crippen molar-refractivity contribution >= 4 is 23.2 Å². The third-order valence-corrected chi connectivity index (χ3v) is 6.61. The summed E-state index contributed by atoms with van der Waals surface area (Å²) in [5.74, 6) is 0.447. The third-order valence-electron chi connectivity index (χ3n) is 5.79. The van der Waals surface area contributed by atoms with Gasteiger partial charge in [0.2, 0.25) is 0 Å². The monoisotopic (exact) mass is 425 g/mol. The minimum atomic E-state index is 0.128. The lowest BCUT2D eigenvalue weighted by atomic mass is 9.81. The molecule has 0 bridgehead atoms. The van der Waals surface area contributed by atoms with E-state index in [1.807, 2.05) is 6.07 Å². The van der Waals surface area contributed by atoms with Gasteiger partial charge in [-0.05, 0) is 41.2 Å². The van der Waals surface area contributed by atoms with Gasteiger partial charge in [-0.1, -0.05) is 89.9 Å². The molecular formula is C25H25Cl2NO. The van der Waals surface area contributed by atoms with Gasteiger partial charge in [0.25, 0.3) is 0 Å². The number of hydrogen-bond donors (Lipinski definition) is 1. The van der Waals surface area contributed by atoms with Gasteiger partial charge < -0.3 is 10.5 Å². The number of hydrogen-bond acceptors (Lipinski definition) is 2. The van der Waals surface area contributed by atoms with Crippen LogP contribution in [0.15, 0.2) is 72.8 Å². The zero-order valence-corrected chi connectivity index (χ0v) is 17.7. The van der Waals surface area contributed by atoms with Crippen LogP contribution in [0.1, 0.15) is 46.9 Å². The summed E-state index contributed by atoms with van der Waals surface area (Å²) in [7, 11) is 0. The lowest BCUT2D eigenvalue weighted by molar-refractivity contribution is -0.00539. The summed E-state index contributed by atoms with van der Waals surface area (Å²) in [5.41, 5.74) is 10.4. The number of ether oxygens (including phenoxy) is 1. The topological polar surface area (TPSA) is 35.2 Å². The standard InChI is InChI=1S/C25H25Cl2NO/c26-22-14-17(15-28)13-21(25(22)27)20-11-12-23(29-16-20)24(18-7-3-1-4-8-18)19-9-5-2-6-10-19/h1-10,13-14,20,23-24H,11-12,15-16,28H2. The van der Waals surface area contributed by atoms with E-state index < -0.39 is 0 Å². The molecule has 0 spiro atoms. The number of halogens is 2. The Morgan fingerprint density at radius 1 is 0.897 bits per heavy atom. The van der Waals surface area contributed by atoms with Crippen molar-refractivity contribution in [1.82, 2.24) is 0 Å². The Balaban J connectivity index is 1.57. The van der Waals surface area contributed by atoms with Gasteiger partial charge in [0, 0.05) is 18.4 Å². The van der Waals surface area contributed by atoms with Crippen molar-refractivity contribution in [3.05, 3.63) is 105 Å². The van der Waals surface area contributed by atoms with Crippen LogP contribution in [-0.4, -0.2) is 12.7 Å². The van der Waals surface area contributed by atoms with Crippen LogP contribution >= 0.6 is 23.2 Å². The maximum atomic E-state index is 6.52. The molecule has 29 heavy (non-hydrogen) atoms. The first-order valence-corrected chi connectivity index (χ1v) is 10.8. The highest BCUT2D eigenvalue weighted by Crippen LogP contribution is 2.41. The average molecular weight is 426 g/mol.